The van der Waals surface area contributed by atoms with E-state index in [1.165, 1.54) is 17.1 Å². The predicted molar refractivity (Wildman–Crippen MR) is 84.5 cm³/mol. The van der Waals surface area contributed by atoms with Crippen LogP contribution in [0.25, 0.3) is 0 Å². The van der Waals surface area contributed by atoms with E-state index >= 15 is 0 Å². The van der Waals surface area contributed by atoms with Gasteiger partial charge < -0.3 is 4.90 Å². The van der Waals surface area contributed by atoms with Gasteiger partial charge in [-0.25, -0.2) is 0 Å². The van der Waals surface area contributed by atoms with Crippen molar-refractivity contribution < 1.29 is 4.79 Å². The first kappa shape index (κ1) is 15.1. The Labute approximate surface area is 124 Å². The molecular formula is C15H23NOS2. The van der Waals surface area contributed by atoms with Crippen molar-refractivity contribution in [2.75, 3.05) is 25.4 Å². The van der Waals surface area contributed by atoms with Crippen molar-refractivity contribution in [1.29, 1.82) is 0 Å². The second-order valence-electron chi connectivity index (χ2n) is 5.25. The monoisotopic (exact) mass is 297 g/mol. The SMILES string of the molecule is CCSc1ccc(C(=O)CCN2CCC(C)CC2)s1. The zero-order chi connectivity index (χ0) is 13.7. The maximum absolute atomic E-state index is 12.1. The van der Waals surface area contributed by atoms with Gasteiger partial charge in [0.15, 0.2) is 5.78 Å². The largest absolute Gasteiger partial charge is 0.303 e. The lowest BCUT2D eigenvalue weighted by atomic mass is 9.99. The van der Waals surface area contributed by atoms with Crippen LogP contribution in [0.5, 0.6) is 0 Å². The van der Waals surface area contributed by atoms with Gasteiger partial charge in [-0.2, -0.15) is 0 Å². The summed E-state index contributed by atoms with van der Waals surface area (Å²) in [5, 5.41) is 0. The molecule has 0 saturated carbocycles. The number of ketones is 1. The van der Waals surface area contributed by atoms with E-state index in [-0.39, 0.29) is 0 Å². The van der Waals surface area contributed by atoms with Crippen LogP contribution in [0.3, 0.4) is 0 Å². The van der Waals surface area contributed by atoms with Gasteiger partial charge in [0.25, 0.3) is 0 Å². The highest BCUT2D eigenvalue weighted by molar-refractivity contribution is 8.01. The van der Waals surface area contributed by atoms with Gasteiger partial charge in [-0.1, -0.05) is 13.8 Å². The van der Waals surface area contributed by atoms with Crippen LogP contribution in [0, 0.1) is 5.92 Å². The Morgan fingerprint density at radius 2 is 2.16 bits per heavy atom. The standard InChI is InChI=1S/C15H23NOS2/c1-3-18-15-5-4-14(19-15)13(17)8-11-16-9-6-12(2)7-10-16/h4-5,12H,3,6-11H2,1-2H3. The molecule has 0 aliphatic carbocycles. The number of piperidine rings is 1. The zero-order valence-electron chi connectivity index (χ0n) is 11.9. The lowest BCUT2D eigenvalue weighted by Crippen LogP contribution is -2.34. The van der Waals surface area contributed by atoms with Crippen LogP contribution < -0.4 is 0 Å². The molecule has 2 heterocycles. The number of thioether (sulfide) groups is 1. The summed E-state index contributed by atoms with van der Waals surface area (Å²) in [4.78, 5) is 15.5. The average molecular weight is 297 g/mol. The minimum Gasteiger partial charge on any atom is -0.303 e. The number of rotatable bonds is 6. The summed E-state index contributed by atoms with van der Waals surface area (Å²) in [6.45, 7) is 7.72. The molecule has 2 nitrogen and oxygen atoms in total. The number of carbonyl (C=O) groups excluding carboxylic acids is 1. The Morgan fingerprint density at radius 1 is 1.42 bits per heavy atom. The van der Waals surface area contributed by atoms with Crippen molar-refractivity contribution in [1.82, 2.24) is 4.90 Å². The highest BCUT2D eigenvalue weighted by Gasteiger charge is 2.17. The lowest BCUT2D eigenvalue weighted by Gasteiger charge is -2.29. The van der Waals surface area contributed by atoms with Gasteiger partial charge in [0.1, 0.15) is 0 Å². The summed E-state index contributed by atoms with van der Waals surface area (Å²) in [5.74, 6) is 2.24. The minimum absolute atomic E-state index is 0.312. The molecule has 106 valence electrons. The molecule has 0 spiro atoms. The summed E-state index contributed by atoms with van der Waals surface area (Å²) in [5.41, 5.74) is 0. The van der Waals surface area contributed by atoms with Gasteiger partial charge in [-0.3, -0.25) is 4.79 Å². The van der Waals surface area contributed by atoms with Crippen molar-refractivity contribution in [2.24, 2.45) is 5.92 Å². The average Bonchev–Trinajstić information content (AvgIpc) is 2.87. The number of hydrogen-bond acceptors (Lipinski definition) is 4. The first-order valence-corrected chi connectivity index (χ1v) is 8.97. The van der Waals surface area contributed by atoms with Crippen LogP contribution in [0.2, 0.25) is 0 Å². The van der Waals surface area contributed by atoms with E-state index in [1.54, 1.807) is 11.3 Å². The number of hydrogen-bond donors (Lipinski definition) is 0. The number of carbonyl (C=O) groups is 1. The molecule has 0 unspecified atom stereocenters. The Hall–Kier alpha value is -0.320. The van der Waals surface area contributed by atoms with E-state index in [0.717, 1.165) is 36.2 Å². The Bertz CT molecular complexity index is 408. The summed E-state index contributed by atoms with van der Waals surface area (Å²) in [6.07, 6.45) is 3.24. The van der Waals surface area contributed by atoms with E-state index < -0.39 is 0 Å². The third kappa shape index (κ3) is 4.62. The van der Waals surface area contributed by atoms with Crippen LogP contribution in [-0.2, 0) is 0 Å². The van der Waals surface area contributed by atoms with Gasteiger partial charge in [0, 0.05) is 13.0 Å². The van der Waals surface area contributed by atoms with Gasteiger partial charge in [-0.05, 0) is 49.7 Å². The Kier molecular flexibility index (Phi) is 5.92. The normalized spacial score (nSPS) is 17.8. The second-order valence-corrected chi connectivity index (χ2v) is 7.90. The van der Waals surface area contributed by atoms with E-state index in [4.69, 9.17) is 0 Å². The van der Waals surface area contributed by atoms with Crippen LogP contribution in [-0.4, -0.2) is 36.1 Å². The fourth-order valence-corrected chi connectivity index (χ4v) is 4.37. The van der Waals surface area contributed by atoms with Gasteiger partial charge in [0.2, 0.25) is 0 Å². The molecule has 2 rings (SSSR count). The molecule has 1 saturated heterocycles. The van der Waals surface area contributed by atoms with E-state index in [9.17, 15) is 4.79 Å². The molecule has 0 amide bonds. The molecule has 0 radical (unpaired) electrons. The lowest BCUT2D eigenvalue weighted by molar-refractivity contribution is 0.0957. The molecular weight excluding hydrogens is 274 g/mol. The summed E-state index contributed by atoms with van der Waals surface area (Å²) < 4.78 is 1.26. The zero-order valence-corrected chi connectivity index (χ0v) is 13.5. The first-order chi connectivity index (χ1) is 9.19. The molecule has 0 bridgehead atoms. The number of likely N-dealkylation sites (tertiary alicyclic amines) is 1. The molecule has 19 heavy (non-hydrogen) atoms. The van der Waals surface area contributed by atoms with Crippen molar-refractivity contribution in [3.05, 3.63) is 17.0 Å². The van der Waals surface area contributed by atoms with Crippen molar-refractivity contribution in [3.63, 3.8) is 0 Å². The van der Waals surface area contributed by atoms with Gasteiger partial charge in [-0.15, -0.1) is 23.1 Å². The number of nitrogens with zero attached hydrogens (tertiary/aromatic N) is 1. The van der Waals surface area contributed by atoms with Gasteiger partial charge in [0.05, 0.1) is 9.09 Å². The summed E-state index contributed by atoms with van der Waals surface area (Å²) >= 11 is 3.46. The Morgan fingerprint density at radius 3 is 2.84 bits per heavy atom. The highest BCUT2D eigenvalue weighted by atomic mass is 32.2. The predicted octanol–water partition coefficient (Wildman–Crippen LogP) is 4.16. The number of Topliss-reactive ketones (excluding diaryl/α,β-unsaturated/α-hetero) is 1. The summed E-state index contributed by atoms with van der Waals surface area (Å²) in [6, 6.07) is 4.07. The van der Waals surface area contributed by atoms with E-state index in [2.05, 4.69) is 24.8 Å². The second kappa shape index (κ2) is 7.46. The molecule has 1 aliphatic rings. The van der Waals surface area contributed by atoms with Crippen molar-refractivity contribution in [3.8, 4) is 0 Å². The van der Waals surface area contributed by atoms with Crippen molar-refractivity contribution in [2.45, 2.75) is 37.3 Å². The van der Waals surface area contributed by atoms with Gasteiger partial charge >= 0.3 is 0 Å². The molecule has 1 aliphatic heterocycles. The summed E-state index contributed by atoms with van der Waals surface area (Å²) in [7, 11) is 0. The van der Waals surface area contributed by atoms with Crippen LogP contribution in [0.4, 0.5) is 0 Å². The van der Waals surface area contributed by atoms with E-state index in [1.807, 2.05) is 17.8 Å². The first-order valence-electron chi connectivity index (χ1n) is 7.17. The number of thiophene rings is 1. The molecule has 4 heteroatoms. The van der Waals surface area contributed by atoms with Crippen LogP contribution in [0.15, 0.2) is 16.3 Å². The molecule has 0 atom stereocenters. The molecule has 1 aromatic rings. The Balaban J connectivity index is 1.77. The molecule has 1 fully saturated rings. The third-order valence-corrected chi connectivity index (χ3v) is 5.91. The minimum atomic E-state index is 0.312. The fraction of sp³-hybridized carbons (Fsp3) is 0.667. The topological polar surface area (TPSA) is 20.3 Å². The quantitative estimate of drug-likeness (QED) is 0.581. The maximum Gasteiger partial charge on any atom is 0.174 e. The van der Waals surface area contributed by atoms with Crippen LogP contribution in [0.1, 0.15) is 42.8 Å². The third-order valence-electron chi connectivity index (χ3n) is 3.67. The van der Waals surface area contributed by atoms with E-state index in [0.29, 0.717) is 12.2 Å². The smallest absolute Gasteiger partial charge is 0.174 e. The highest BCUT2D eigenvalue weighted by Crippen LogP contribution is 2.27. The molecule has 1 aromatic heterocycles. The fourth-order valence-electron chi connectivity index (χ4n) is 2.36. The molecule has 0 N–H and O–H groups in total. The maximum atomic E-state index is 12.1. The molecule has 0 aromatic carbocycles. The van der Waals surface area contributed by atoms with Crippen LogP contribution >= 0.6 is 23.1 Å². The van der Waals surface area contributed by atoms with Crippen molar-refractivity contribution >= 4 is 28.9 Å².